The quantitative estimate of drug-likeness (QED) is 0.838. The average Bonchev–Trinajstić information content (AvgIpc) is 2.40. The lowest BCUT2D eigenvalue weighted by Gasteiger charge is -2.26. The summed E-state index contributed by atoms with van der Waals surface area (Å²) in [5.41, 5.74) is 7.42. The molecule has 1 aromatic carbocycles. The van der Waals surface area contributed by atoms with Crippen LogP contribution in [0, 0.1) is 5.92 Å². The maximum Gasteiger partial charge on any atom is 0.123 e. The summed E-state index contributed by atoms with van der Waals surface area (Å²) in [5.74, 6) is 1.60. The fraction of sp³-hybridized carbons (Fsp3) is 0.571. The standard InChI is InChI=1S/C14H22N2O/c1-17-14-7-3-2-6-12(14)13(15)9-11-5-4-8-16-10-11/h2-3,6-7,11,13,16H,4-5,8-10,15H2,1H3. The molecule has 1 aliphatic rings. The summed E-state index contributed by atoms with van der Waals surface area (Å²) in [7, 11) is 1.70. The van der Waals surface area contributed by atoms with E-state index in [-0.39, 0.29) is 6.04 Å². The number of nitrogens with two attached hydrogens (primary N) is 1. The van der Waals surface area contributed by atoms with E-state index in [0.29, 0.717) is 5.92 Å². The molecule has 0 amide bonds. The normalized spacial score (nSPS) is 22.1. The second kappa shape index (κ2) is 6.03. The number of nitrogens with one attached hydrogen (secondary N) is 1. The van der Waals surface area contributed by atoms with Crippen LogP contribution in [0.15, 0.2) is 24.3 Å². The molecule has 0 spiro atoms. The van der Waals surface area contributed by atoms with Crippen LogP contribution in [-0.2, 0) is 0 Å². The molecule has 2 rings (SSSR count). The maximum absolute atomic E-state index is 6.29. The summed E-state index contributed by atoms with van der Waals surface area (Å²) in [6.07, 6.45) is 3.59. The summed E-state index contributed by atoms with van der Waals surface area (Å²) in [5, 5.41) is 3.43. The van der Waals surface area contributed by atoms with E-state index in [0.717, 1.165) is 30.8 Å². The Bertz CT molecular complexity index is 348. The van der Waals surface area contributed by atoms with Crippen LogP contribution in [0.3, 0.4) is 0 Å². The molecule has 17 heavy (non-hydrogen) atoms. The van der Waals surface area contributed by atoms with Gasteiger partial charge in [-0.2, -0.15) is 0 Å². The lowest BCUT2D eigenvalue weighted by molar-refractivity contribution is 0.331. The first-order valence-corrected chi connectivity index (χ1v) is 6.40. The first kappa shape index (κ1) is 12.4. The molecular formula is C14H22N2O. The van der Waals surface area contributed by atoms with Crippen molar-refractivity contribution in [3.8, 4) is 5.75 Å². The molecule has 0 saturated carbocycles. The molecule has 2 unspecified atom stereocenters. The number of hydrogen-bond donors (Lipinski definition) is 2. The van der Waals surface area contributed by atoms with Crippen LogP contribution in [0.2, 0.25) is 0 Å². The van der Waals surface area contributed by atoms with E-state index in [1.807, 2.05) is 18.2 Å². The van der Waals surface area contributed by atoms with Crippen molar-refractivity contribution in [1.29, 1.82) is 0 Å². The van der Waals surface area contributed by atoms with E-state index >= 15 is 0 Å². The molecule has 1 aromatic rings. The van der Waals surface area contributed by atoms with Crippen LogP contribution in [-0.4, -0.2) is 20.2 Å². The molecule has 1 fully saturated rings. The number of piperidine rings is 1. The molecule has 0 radical (unpaired) electrons. The van der Waals surface area contributed by atoms with Gasteiger partial charge >= 0.3 is 0 Å². The Kier molecular flexibility index (Phi) is 4.40. The SMILES string of the molecule is COc1ccccc1C(N)CC1CCCNC1. The Balaban J connectivity index is 2.00. The Morgan fingerprint density at radius 2 is 2.29 bits per heavy atom. The van der Waals surface area contributed by atoms with Crippen molar-refractivity contribution in [2.45, 2.75) is 25.3 Å². The zero-order valence-corrected chi connectivity index (χ0v) is 10.5. The van der Waals surface area contributed by atoms with Gasteiger partial charge in [0.15, 0.2) is 0 Å². The van der Waals surface area contributed by atoms with Gasteiger partial charge in [0, 0.05) is 11.6 Å². The largest absolute Gasteiger partial charge is 0.496 e. The van der Waals surface area contributed by atoms with Crippen LogP contribution in [0.5, 0.6) is 5.75 Å². The Morgan fingerprint density at radius 1 is 1.47 bits per heavy atom. The summed E-state index contributed by atoms with van der Waals surface area (Å²) >= 11 is 0. The molecule has 1 saturated heterocycles. The van der Waals surface area contributed by atoms with Crippen LogP contribution < -0.4 is 15.8 Å². The summed E-state index contributed by atoms with van der Waals surface area (Å²) < 4.78 is 5.36. The molecule has 94 valence electrons. The molecule has 0 aliphatic carbocycles. The third-order valence-electron chi connectivity index (χ3n) is 3.52. The van der Waals surface area contributed by atoms with Crippen LogP contribution in [0.25, 0.3) is 0 Å². The van der Waals surface area contributed by atoms with Gasteiger partial charge in [0.05, 0.1) is 7.11 Å². The number of methoxy groups -OCH3 is 1. The number of rotatable bonds is 4. The molecule has 2 atom stereocenters. The topological polar surface area (TPSA) is 47.3 Å². The van der Waals surface area contributed by atoms with E-state index in [4.69, 9.17) is 10.5 Å². The summed E-state index contributed by atoms with van der Waals surface area (Å²) in [6.45, 7) is 2.25. The fourth-order valence-electron chi connectivity index (χ4n) is 2.58. The lowest BCUT2D eigenvalue weighted by atomic mass is 9.89. The number of ether oxygens (including phenoxy) is 1. The van der Waals surface area contributed by atoms with Crippen molar-refractivity contribution in [2.75, 3.05) is 20.2 Å². The minimum Gasteiger partial charge on any atom is -0.496 e. The predicted octanol–water partition coefficient (Wildman–Crippen LogP) is 2.08. The van der Waals surface area contributed by atoms with Crippen molar-refractivity contribution in [3.63, 3.8) is 0 Å². The molecule has 0 bridgehead atoms. The van der Waals surface area contributed by atoms with Crippen LogP contribution in [0.1, 0.15) is 30.9 Å². The third-order valence-corrected chi connectivity index (χ3v) is 3.52. The monoisotopic (exact) mass is 234 g/mol. The lowest BCUT2D eigenvalue weighted by Crippen LogP contribution is -2.31. The highest BCUT2D eigenvalue weighted by Gasteiger charge is 2.19. The first-order valence-electron chi connectivity index (χ1n) is 6.40. The zero-order valence-electron chi connectivity index (χ0n) is 10.5. The van der Waals surface area contributed by atoms with Gasteiger partial charge in [-0.25, -0.2) is 0 Å². The number of benzene rings is 1. The second-order valence-electron chi connectivity index (χ2n) is 4.80. The van der Waals surface area contributed by atoms with Gasteiger partial charge in [-0.15, -0.1) is 0 Å². The molecule has 0 aromatic heterocycles. The van der Waals surface area contributed by atoms with Gasteiger partial charge < -0.3 is 15.8 Å². The Morgan fingerprint density at radius 3 is 3.00 bits per heavy atom. The van der Waals surface area contributed by atoms with Gasteiger partial charge in [-0.05, 0) is 44.3 Å². The van der Waals surface area contributed by atoms with E-state index in [2.05, 4.69) is 11.4 Å². The highest BCUT2D eigenvalue weighted by Crippen LogP contribution is 2.29. The molecule has 3 nitrogen and oxygen atoms in total. The zero-order chi connectivity index (χ0) is 12.1. The summed E-state index contributed by atoms with van der Waals surface area (Å²) in [6, 6.07) is 8.14. The highest BCUT2D eigenvalue weighted by molar-refractivity contribution is 5.35. The van der Waals surface area contributed by atoms with Crippen molar-refractivity contribution >= 4 is 0 Å². The molecule has 1 aliphatic heterocycles. The van der Waals surface area contributed by atoms with Crippen LogP contribution in [0.4, 0.5) is 0 Å². The molecular weight excluding hydrogens is 212 g/mol. The van der Waals surface area contributed by atoms with Gasteiger partial charge in [-0.1, -0.05) is 18.2 Å². The van der Waals surface area contributed by atoms with E-state index in [1.54, 1.807) is 7.11 Å². The van der Waals surface area contributed by atoms with Gasteiger partial charge in [0.2, 0.25) is 0 Å². The van der Waals surface area contributed by atoms with Crippen LogP contribution >= 0.6 is 0 Å². The first-order chi connectivity index (χ1) is 8.31. The predicted molar refractivity (Wildman–Crippen MR) is 70.1 cm³/mol. The Labute approximate surface area is 103 Å². The second-order valence-corrected chi connectivity index (χ2v) is 4.80. The van der Waals surface area contributed by atoms with Crippen molar-refractivity contribution in [3.05, 3.63) is 29.8 Å². The average molecular weight is 234 g/mol. The molecule has 3 heteroatoms. The van der Waals surface area contributed by atoms with Gasteiger partial charge in [0.25, 0.3) is 0 Å². The molecule has 1 heterocycles. The van der Waals surface area contributed by atoms with E-state index < -0.39 is 0 Å². The van der Waals surface area contributed by atoms with Gasteiger partial charge in [-0.3, -0.25) is 0 Å². The number of para-hydroxylation sites is 1. The van der Waals surface area contributed by atoms with Gasteiger partial charge in [0.1, 0.15) is 5.75 Å². The summed E-state index contributed by atoms with van der Waals surface area (Å²) in [4.78, 5) is 0. The smallest absolute Gasteiger partial charge is 0.123 e. The van der Waals surface area contributed by atoms with Crippen molar-refractivity contribution < 1.29 is 4.74 Å². The van der Waals surface area contributed by atoms with Crippen molar-refractivity contribution in [2.24, 2.45) is 11.7 Å². The molecule has 3 N–H and O–H groups in total. The fourth-order valence-corrected chi connectivity index (χ4v) is 2.58. The van der Waals surface area contributed by atoms with E-state index in [1.165, 1.54) is 12.8 Å². The maximum atomic E-state index is 6.29. The van der Waals surface area contributed by atoms with E-state index in [9.17, 15) is 0 Å². The highest BCUT2D eigenvalue weighted by atomic mass is 16.5. The Hall–Kier alpha value is -1.06. The minimum atomic E-state index is 0.0797. The minimum absolute atomic E-state index is 0.0797. The third kappa shape index (κ3) is 3.20. The van der Waals surface area contributed by atoms with Crippen molar-refractivity contribution in [1.82, 2.24) is 5.32 Å². The number of hydrogen-bond acceptors (Lipinski definition) is 3.